The van der Waals surface area contributed by atoms with Gasteiger partial charge in [-0.15, -0.1) is 0 Å². The number of aldehydes is 1. The molecule has 0 radical (unpaired) electrons. The number of benzene rings is 1. The zero-order valence-corrected chi connectivity index (χ0v) is 8.25. The first-order valence-electron chi connectivity index (χ1n) is 4.21. The molecule has 0 atom stereocenters. The zero-order chi connectivity index (χ0) is 10.4. The number of carbonyl (C=O) groups excluding carboxylic acids is 2. The Morgan fingerprint density at radius 1 is 1.36 bits per heavy atom. The Labute approximate surface area is 87.1 Å². The molecular weight excluding hydrogens is 202 g/mol. The molecule has 14 heavy (non-hydrogen) atoms. The molecule has 1 aromatic rings. The Hall–Kier alpha value is -1.35. The van der Waals surface area contributed by atoms with Crippen molar-refractivity contribution >= 4 is 29.5 Å². The van der Waals surface area contributed by atoms with Gasteiger partial charge in [0.25, 0.3) is 0 Å². The fraction of sp³-hybridized carbons (Fsp3) is 0.200. The minimum Gasteiger partial charge on any atom is -0.326 e. The summed E-state index contributed by atoms with van der Waals surface area (Å²) in [6, 6.07) is 6.80. The normalized spacial score (nSPS) is 9.50. The first-order chi connectivity index (χ1) is 6.72. The van der Waals surface area contributed by atoms with Gasteiger partial charge in [-0.25, -0.2) is 0 Å². The quantitative estimate of drug-likeness (QED) is 0.777. The molecule has 1 rings (SSSR count). The monoisotopic (exact) mass is 211 g/mol. The molecule has 0 aliphatic rings. The third-order valence-corrected chi connectivity index (χ3v) is 1.87. The van der Waals surface area contributed by atoms with Crippen LogP contribution in [-0.4, -0.2) is 12.2 Å². The maximum absolute atomic E-state index is 11.2. The highest BCUT2D eigenvalue weighted by molar-refractivity contribution is 6.30. The molecule has 1 N–H and O–H groups in total. The lowest BCUT2D eigenvalue weighted by molar-refractivity contribution is -0.118. The van der Waals surface area contributed by atoms with Gasteiger partial charge < -0.3 is 10.1 Å². The summed E-state index contributed by atoms with van der Waals surface area (Å²) < 4.78 is 0. The van der Waals surface area contributed by atoms with Crippen molar-refractivity contribution < 1.29 is 9.59 Å². The van der Waals surface area contributed by atoms with Gasteiger partial charge in [0.05, 0.1) is 0 Å². The van der Waals surface area contributed by atoms with E-state index in [0.717, 1.165) is 6.29 Å². The number of hydrogen-bond donors (Lipinski definition) is 1. The molecule has 1 amide bonds. The molecule has 4 heteroatoms. The Kier molecular flexibility index (Phi) is 4.13. The maximum atomic E-state index is 11.2. The zero-order valence-electron chi connectivity index (χ0n) is 7.50. The van der Waals surface area contributed by atoms with Gasteiger partial charge in [-0.2, -0.15) is 0 Å². The lowest BCUT2D eigenvalue weighted by Crippen LogP contribution is -2.10. The smallest absolute Gasteiger partial charge is 0.224 e. The van der Waals surface area contributed by atoms with Crippen LogP contribution in [0.5, 0.6) is 0 Å². The highest BCUT2D eigenvalue weighted by atomic mass is 35.5. The number of hydrogen-bond acceptors (Lipinski definition) is 2. The maximum Gasteiger partial charge on any atom is 0.224 e. The number of anilines is 1. The molecule has 0 saturated carbocycles. The van der Waals surface area contributed by atoms with Gasteiger partial charge in [0.2, 0.25) is 5.91 Å². The van der Waals surface area contributed by atoms with Crippen molar-refractivity contribution in [1.82, 2.24) is 0 Å². The summed E-state index contributed by atoms with van der Waals surface area (Å²) in [5.74, 6) is -0.167. The van der Waals surface area contributed by atoms with Gasteiger partial charge >= 0.3 is 0 Å². The molecule has 0 bridgehead atoms. The van der Waals surface area contributed by atoms with E-state index in [0.29, 0.717) is 10.7 Å². The minimum absolute atomic E-state index is 0.167. The van der Waals surface area contributed by atoms with Gasteiger partial charge in [0, 0.05) is 23.6 Å². The highest BCUT2D eigenvalue weighted by Gasteiger charge is 2.00. The van der Waals surface area contributed by atoms with Crippen LogP contribution in [0.1, 0.15) is 12.8 Å². The van der Waals surface area contributed by atoms with Crippen molar-refractivity contribution in [3.05, 3.63) is 29.3 Å². The van der Waals surface area contributed by atoms with Gasteiger partial charge in [-0.3, -0.25) is 4.79 Å². The molecule has 1 aromatic carbocycles. The van der Waals surface area contributed by atoms with Crippen LogP contribution < -0.4 is 5.32 Å². The standard InChI is InChI=1S/C10H10ClNO2/c11-8-3-5-9(6-4-8)12-10(14)2-1-7-13/h3-7H,1-2H2,(H,12,14). The molecule has 0 aliphatic carbocycles. The number of halogens is 1. The van der Waals surface area contributed by atoms with Crippen molar-refractivity contribution in [2.24, 2.45) is 0 Å². The van der Waals surface area contributed by atoms with Crippen molar-refractivity contribution in [2.45, 2.75) is 12.8 Å². The third-order valence-electron chi connectivity index (χ3n) is 1.62. The van der Waals surface area contributed by atoms with Crippen molar-refractivity contribution in [3.8, 4) is 0 Å². The molecular formula is C10H10ClNO2. The summed E-state index contributed by atoms with van der Waals surface area (Å²) in [6.45, 7) is 0. The predicted molar refractivity (Wildman–Crippen MR) is 55.4 cm³/mol. The summed E-state index contributed by atoms with van der Waals surface area (Å²) in [6.07, 6.45) is 1.19. The number of nitrogens with one attached hydrogen (secondary N) is 1. The van der Waals surface area contributed by atoms with E-state index in [1.54, 1.807) is 24.3 Å². The average Bonchev–Trinajstić information content (AvgIpc) is 2.18. The van der Waals surface area contributed by atoms with Gasteiger partial charge in [-0.05, 0) is 24.3 Å². The Balaban J connectivity index is 2.47. The van der Waals surface area contributed by atoms with Gasteiger partial charge in [0.1, 0.15) is 6.29 Å². The lowest BCUT2D eigenvalue weighted by Gasteiger charge is -2.03. The molecule has 0 saturated heterocycles. The van der Waals surface area contributed by atoms with Crippen LogP contribution in [0.15, 0.2) is 24.3 Å². The topological polar surface area (TPSA) is 46.2 Å². The second-order valence-corrected chi connectivity index (χ2v) is 3.20. The molecule has 0 aromatic heterocycles. The van der Waals surface area contributed by atoms with E-state index in [-0.39, 0.29) is 18.7 Å². The second kappa shape index (κ2) is 5.40. The van der Waals surface area contributed by atoms with E-state index in [2.05, 4.69) is 5.32 Å². The predicted octanol–water partition coefficient (Wildman–Crippen LogP) is 2.26. The minimum atomic E-state index is -0.167. The fourth-order valence-electron chi connectivity index (χ4n) is 0.947. The second-order valence-electron chi connectivity index (χ2n) is 2.76. The van der Waals surface area contributed by atoms with E-state index in [9.17, 15) is 9.59 Å². The van der Waals surface area contributed by atoms with E-state index in [1.165, 1.54) is 0 Å². The van der Waals surface area contributed by atoms with E-state index < -0.39 is 0 Å². The molecule has 0 spiro atoms. The molecule has 74 valence electrons. The SMILES string of the molecule is O=CCCC(=O)Nc1ccc(Cl)cc1. The summed E-state index contributed by atoms with van der Waals surface area (Å²) in [5.41, 5.74) is 0.685. The Morgan fingerprint density at radius 2 is 2.00 bits per heavy atom. The van der Waals surface area contributed by atoms with Crippen LogP contribution >= 0.6 is 11.6 Å². The van der Waals surface area contributed by atoms with Gasteiger partial charge in [-0.1, -0.05) is 11.6 Å². The van der Waals surface area contributed by atoms with Crippen LogP contribution in [-0.2, 0) is 9.59 Å². The highest BCUT2D eigenvalue weighted by Crippen LogP contribution is 2.13. The first-order valence-corrected chi connectivity index (χ1v) is 4.59. The van der Waals surface area contributed by atoms with Crippen molar-refractivity contribution in [3.63, 3.8) is 0 Å². The summed E-state index contributed by atoms with van der Waals surface area (Å²) in [7, 11) is 0. The molecule has 0 unspecified atom stereocenters. The first kappa shape index (κ1) is 10.7. The third kappa shape index (κ3) is 3.58. The van der Waals surface area contributed by atoms with E-state index in [4.69, 9.17) is 11.6 Å². The molecule has 0 heterocycles. The van der Waals surface area contributed by atoms with Crippen LogP contribution in [0.3, 0.4) is 0 Å². The van der Waals surface area contributed by atoms with Gasteiger partial charge in [0.15, 0.2) is 0 Å². The lowest BCUT2D eigenvalue weighted by atomic mass is 10.3. The molecule has 0 aliphatic heterocycles. The Bertz CT molecular complexity index is 321. The van der Waals surface area contributed by atoms with Crippen LogP contribution in [0.2, 0.25) is 5.02 Å². The fourth-order valence-corrected chi connectivity index (χ4v) is 1.07. The number of amides is 1. The summed E-state index contributed by atoms with van der Waals surface area (Å²) >= 11 is 5.67. The molecule has 0 fully saturated rings. The van der Waals surface area contributed by atoms with Crippen LogP contribution in [0.25, 0.3) is 0 Å². The summed E-state index contributed by atoms with van der Waals surface area (Å²) in [5, 5.41) is 3.27. The van der Waals surface area contributed by atoms with Crippen LogP contribution in [0, 0.1) is 0 Å². The average molecular weight is 212 g/mol. The van der Waals surface area contributed by atoms with Crippen molar-refractivity contribution in [2.75, 3.05) is 5.32 Å². The van der Waals surface area contributed by atoms with Crippen molar-refractivity contribution in [1.29, 1.82) is 0 Å². The largest absolute Gasteiger partial charge is 0.326 e. The number of carbonyl (C=O) groups is 2. The van der Waals surface area contributed by atoms with Crippen LogP contribution in [0.4, 0.5) is 5.69 Å². The Morgan fingerprint density at radius 3 is 2.57 bits per heavy atom. The van der Waals surface area contributed by atoms with E-state index >= 15 is 0 Å². The van der Waals surface area contributed by atoms with E-state index in [1.807, 2.05) is 0 Å². The number of rotatable bonds is 4. The molecule has 3 nitrogen and oxygen atoms in total. The summed E-state index contributed by atoms with van der Waals surface area (Å²) in [4.78, 5) is 21.2.